The second kappa shape index (κ2) is 5.57. The molecule has 1 N–H and O–H groups in total. The molecule has 0 spiro atoms. The minimum Gasteiger partial charge on any atom is -0.481 e. The smallest absolute Gasteiger partial charge is 0.212 e. The van der Waals surface area contributed by atoms with Gasteiger partial charge in [0, 0.05) is 24.4 Å². The van der Waals surface area contributed by atoms with Gasteiger partial charge >= 0.3 is 0 Å². The van der Waals surface area contributed by atoms with Gasteiger partial charge in [-0.15, -0.1) is 0 Å². The molecule has 0 amide bonds. The lowest BCUT2D eigenvalue weighted by Crippen LogP contribution is -2.07. The number of rotatable bonds is 5. The summed E-state index contributed by atoms with van der Waals surface area (Å²) in [7, 11) is 1.55. The van der Waals surface area contributed by atoms with Gasteiger partial charge < -0.3 is 14.6 Å². The monoisotopic (exact) mass is 197 g/mol. The Kier molecular flexibility index (Phi) is 4.35. The summed E-state index contributed by atoms with van der Waals surface area (Å²) >= 11 is 0. The molecule has 1 unspecified atom stereocenters. The highest BCUT2D eigenvalue weighted by atomic mass is 16.5. The Bertz CT molecular complexity index is 261. The van der Waals surface area contributed by atoms with Crippen LogP contribution < -0.4 is 4.74 Å². The van der Waals surface area contributed by atoms with Crippen molar-refractivity contribution in [2.75, 3.05) is 20.3 Å². The molecule has 4 nitrogen and oxygen atoms in total. The zero-order valence-corrected chi connectivity index (χ0v) is 8.43. The van der Waals surface area contributed by atoms with Crippen molar-refractivity contribution in [1.29, 1.82) is 0 Å². The normalized spacial score (nSPS) is 12.5. The summed E-state index contributed by atoms with van der Waals surface area (Å²) in [5.74, 6) is 0.539. The fourth-order valence-corrected chi connectivity index (χ4v) is 1.04. The Morgan fingerprint density at radius 1 is 1.50 bits per heavy atom. The Balaban J connectivity index is 2.57. The van der Waals surface area contributed by atoms with Crippen LogP contribution in [0.3, 0.4) is 0 Å². The maximum absolute atomic E-state index is 9.61. The average molecular weight is 197 g/mol. The summed E-state index contributed by atoms with van der Waals surface area (Å²) in [4.78, 5) is 3.99. The molecule has 1 atom stereocenters. The van der Waals surface area contributed by atoms with Gasteiger partial charge in [0.25, 0.3) is 0 Å². The SMILES string of the molecule is CCOCC(O)c1ccc(OC)nc1. The lowest BCUT2D eigenvalue weighted by Gasteiger charge is -2.10. The third kappa shape index (κ3) is 2.97. The first-order valence-corrected chi connectivity index (χ1v) is 4.53. The van der Waals surface area contributed by atoms with E-state index in [2.05, 4.69) is 4.98 Å². The van der Waals surface area contributed by atoms with E-state index in [0.717, 1.165) is 5.56 Å². The second-order valence-electron chi connectivity index (χ2n) is 2.81. The van der Waals surface area contributed by atoms with Crippen molar-refractivity contribution in [2.24, 2.45) is 0 Å². The standard InChI is InChI=1S/C10H15NO3/c1-3-14-7-9(12)8-4-5-10(13-2)11-6-8/h4-6,9,12H,3,7H2,1-2H3. The first-order valence-electron chi connectivity index (χ1n) is 4.53. The van der Waals surface area contributed by atoms with E-state index in [1.54, 1.807) is 25.4 Å². The van der Waals surface area contributed by atoms with Crippen molar-refractivity contribution < 1.29 is 14.6 Å². The number of aromatic nitrogens is 1. The number of aliphatic hydroxyl groups is 1. The Labute approximate surface area is 83.5 Å². The third-order valence-corrected chi connectivity index (χ3v) is 1.83. The Morgan fingerprint density at radius 2 is 2.29 bits per heavy atom. The van der Waals surface area contributed by atoms with Crippen LogP contribution in [0.1, 0.15) is 18.6 Å². The lowest BCUT2D eigenvalue weighted by molar-refractivity contribution is 0.0418. The van der Waals surface area contributed by atoms with E-state index in [-0.39, 0.29) is 0 Å². The molecule has 0 aliphatic heterocycles. The molecular formula is C10H15NO3. The Hall–Kier alpha value is -1.13. The van der Waals surface area contributed by atoms with Crippen LogP contribution >= 0.6 is 0 Å². The first kappa shape index (κ1) is 10.9. The summed E-state index contributed by atoms with van der Waals surface area (Å²) in [6.07, 6.45) is 0.969. The second-order valence-corrected chi connectivity index (χ2v) is 2.81. The van der Waals surface area contributed by atoms with E-state index in [0.29, 0.717) is 19.1 Å². The average Bonchev–Trinajstić information content (AvgIpc) is 2.26. The molecule has 4 heteroatoms. The number of pyridine rings is 1. The third-order valence-electron chi connectivity index (χ3n) is 1.83. The van der Waals surface area contributed by atoms with Crippen LogP contribution in [-0.2, 0) is 4.74 Å². The summed E-state index contributed by atoms with van der Waals surface area (Å²) < 4.78 is 10.0. The van der Waals surface area contributed by atoms with Gasteiger partial charge in [0.2, 0.25) is 5.88 Å². The molecule has 1 rings (SSSR count). The molecule has 14 heavy (non-hydrogen) atoms. The largest absolute Gasteiger partial charge is 0.481 e. The van der Waals surface area contributed by atoms with Crippen LogP contribution in [0.25, 0.3) is 0 Å². The molecular weight excluding hydrogens is 182 g/mol. The van der Waals surface area contributed by atoms with Crippen LogP contribution in [0.5, 0.6) is 5.88 Å². The zero-order valence-electron chi connectivity index (χ0n) is 8.43. The van der Waals surface area contributed by atoms with E-state index >= 15 is 0 Å². The van der Waals surface area contributed by atoms with Gasteiger partial charge in [0.1, 0.15) is 6.10 Å². The van der Waals surface area contributed by atoms with Crippen molar-refractivity contribution in [3.63, 3.8) is 0 Å². The molecule has 0 fully saturated rings. The highest BCUT2D eigenvalue weighted by molar-refractivity contribution is 5.19. The van der Waals surface area contributed by atoms with E-state index in [1.807, 2.05) is 6.92 Å². The molecule has 0 saturated heterocycles. The molecule has 0 radical (unpaired) electrons. The molecule has 1 aromatic rings. The first-order chi connectivity index (χ1) is 6.77. The quantitative estimate of drug-likeness (QED) is 0.769. The molecule has 1 heterocycles. The van der Waals surface area contributed by atoms with Crippen molar-refractivity contribution in [2.45, 2.75) is 13.0 Å². The summed E-state index contributed by atoms with van der Waals surface area (Å²) in [5.41, 5.74) is 0.735. The van der Waals surface area contributed by atoms with E-state index in [4.69, 9.17) is 9.47 Å². The highest BCUT2D eigenvalue weighted by Gasteiger charge is 2.07. The number of aliphatic hydroxyl groups excluding tert-OH is 1. The van der Waals surface area contributed by atoms with Crippen LogP contribution in [-0.4, -0.2) is 30.4 Å². The van der Waals surface area contributed by atoms with Crippen LogP contribution in [0.2, 0.25) is 0 Å². The minimum absolute atomic E-state index is 0.296. The van der Waals surface area contributed by atoms with Crippen LogP contribution in [0.4, 0.5) is 0 Å². The number of hydrogen-bond acceptors (Lipinski definition) is 4. The van der Waals surface area contributed by atoms with Gasteiger partial charge in [-0.2, -0.15) is 0 Å². The van der Waals surface area contributed by atoms with E-state index in [1.165, 1.54) is 0 Å². The van der Waals surface area contributed by atoms with Gasteiger partial charge in [0.05, 0.1) is 13.7 Å². The fourth-order valence-electron chi connectivity index (χ4n) is 1.04. The summed E-state index contributed by atoms with van der Waals surface area (Å²) in [6, 6.07) is 3.49. The van der Waals surface area contributed by atoms with Crippen LogP contribution in [0.15, 0.2) is 18.3 Å². The van der Waals surface area contributed by atoms with Crippen molar-refractivity contribution in [1.82, 2.24) is 4.98 Å². The molecule has 0 aromatic carbocycles. The van der Waals surface area contributed by atoms with Gasteiger partial charge in [-0.1, -0.05) is 0 Å². The maximum atomic E-state index is 9.61. The summed E-state index contributed by atoms with van der Waals surface area (Å²) in [5, 5.41) is 9.61. The van der Waals surface area contributed by atoms with Gasteiger partial charge in [-0.25, -0.2) is 4.98 Å². The van der Waals surface area contributed by atoms with E-state index < -0.39 is 6.10 Å². The van der Waals surface area contributed by atoms with Gasteiger partial charge in [0.15, 0.2) is 0 Å². The molecule has 0 bridgehead atoms. The molecule has 0 aliphatic rings. The lowest BCUT2D eigenvalue weighted by atomic mass is 10.2. The predicted molar refractivity (Wildman–Crippen MR) is 52.2 cm³/mol. The number of ether oxygens (including phenoxy) is 2. The predicted octanol–water partition coefficient (Wildman–Crippen LogP) is 1.16. The van der Waals surface area contributed by atoms with Crippen molar-refractivity contribution in [3.05, 3.63) is 23.9 Å². The number of hydrogen-bond donors (Lipinski definition) is 1. The van der Waals surface area contributed by atoms with Crippen LogP contribution in [0, 0.1) is 0 Å². The molecule has 78 valence electrons. The zero-order chi connectivity index (χ0) is 10.4. The van der Waals surface area contributed by atoms with Gasteiger partial charge in [-0.3, -0.25) is 0 Å². The van der Waals surface area contributed by atoms with E-state index in [9.17, 15) is 5.11 Å². The molecule has 1 aromatic heterocycles. The molecule has 0 aliphatic carbocycles. The van der Waals surface area contributed by atoms with Crippen molar-refractivity contribution >= 4 is 0 Å². The maximum Gasteiger partial charge on any atom is 0.212 e. The summed E-state index contributed by atoms with van der Waals surface area (Å²) in [6.45, 7) is 2.78. The molecule has 0 saturated carbocycles. The van der Waals surface area contributed by atoms with Gasteiger partial charge in [-0.05, 0) is 13.0 Å². The van der Waals surface area contributed by atoms with Crippen molar-refractivity contribution in [3.8, 4) is 5.88 Å². The minimum atomic E-state index is -0.617. The topological polar surface area (TPSA) is 51.6 Å². The Morgan fingerprint density at radius 3 is 2.79 bits per heavy atom. The number of nitrogens with zero attached hydrogens (tertiary/aromatic N) is 1. The fraction of sp³-hybridized carbons (Fsp3) is 0.500. The number of methoxy groups -OCH3 is 1. The highest BCUT2D eigenvalue weighted by Crippen LogP contribution is 2.14.